The van der Waals surface area contributed by atoms with Crippen molar-refractivity contribution in [1.82, 2.24) is 4.31 Å². The molecule has 0 saturated carbocycles. The predicted octanol–water partition coefficient (Wildman–Crippen LogP) is 5.13. The number of hydrogen-bond acceptors (Lipinski definition) is 5. The van der Waals surface area contributed by atoms with Crippen molar-refractivity contribution >= 4 is 34.4 Å². The molecular formula is C16H13ClF3N3OS. The molecule has 0 radical (unpaired) electrons. The van der Waals surface area contributed by atoms with E-state index >= 15 is 0 Å². The number of alkyl halides is 3. The van der Waals surface area contributed by atoms with Crippen LogP contribution in [0, 0.1) is 0 Å². The summed E-state index contributed by atoms with van der Waals surface area (Å²) in [5, 5.41) is 4.44. The summed E-state index contributed by atoms with van der Waals surface area (Å²) in [7, 11) is 0. The average Bonchev–Trinajstić information content (AvgIpc) is 2.97. The Balaban J connectivity index is 1.51. The molecule has 132 valence electrons. The maximum atomic E-state index is 12.1. The van der Waals surface area contributed by atoms with Gasteiger partial charge in [-0.3, -0.25) is 0 Å². The van der Waals surface area contributed by atoms with Crippen LogP contribution in [-0.4, -0.2) is 22.5 Å². The molecular weight excluding hydrogens is 375 g/mol. The van der Waals surface area contributed by atoms with Crippen molar-refractivity contribution in [2.45, 2.75) is 12.9 Å². The van der Waals surface area contributed by atoms with E-state index in [1.54, 1.807) is 0 Å². The third-order valence-electron chi connectivity index (χ3n) is 3.20. The van der Waals surface area contributed by atoms with Gasteiger partial charge in [-0.1, -0.05) is 23.7 Å². The van der Waals surface area contributed by atoms with Gasteiger partial charge in [-0.25, -0.2) is 9.30 Å². The molecule has 0 unspecified atom stereocenters. The van der Waals surface area contributed by atoms with E-state index in [-0.39, 0.29) is 5.75 Å². The molecule has 9 heteroatoms. The number of hydrogen-bond donors (Lipinski definition) is 1. The third-order valence-corrected chi connectivity index (χ3v) is 4.36. The fourth-order valence-electron chi connectivity index (χ4n) is 2.12. The molecule has 0 bridgehead atoms. The largest absolute Gasteiger partial charge is 0.573 e. The number of aliphatic imine (C=N–C) groups is 1. The van der Waals surface area contributed by atoms with Gasteiger partial charge in [0.2, 0.25) is 0 Å². The van der Waals surface area contributed by atoms with Crippen LogP contribution in [0.15, 0.2) is 53.5 Å². The fourth-order valence-corrected chi connectivity index (χ4v) is 3.10. The highest BCUT2D eigenvalue weighted by Gasteiger charge is 2.31. The molecule has 1 heterocycles. The number of halogens is 4. The summed E-state index contributed by atoms with van der Waals surface area (Å²) >= 11 is 7.31. The summed E-state index contributed by atoms with van der Waals surface area (Å²) in [5.41, 5.74) is 1.75. The van der Waals surface area contributed by atoms with Crippen molar-refractivity contribution in [1.29, 1.82) is 0 Å². The van der Waals surface area contributed by atoms with Crippen LogP contribution in [-0.2, 0) is 6.54 Å². The van der Waals surface area contributed by atoms with Crippen LogP contribution in [0.3, 0.4) is 0 Å². The smallest absolute Gasteiger partial charge is 0.406 e. The zero-order valence-electron chi connectivity index (χ0n) is 12.8. The molecule has 0 spiro atoms. The molecule has 0 aliphatic carbocycles. The van der Waals surface area contributed by atoms with Crippen LogP contribution in [0.25, 0.3) is 0 Å². The summed E-state index contributed by atoms with van der Waals surface area (Å²) in [6.45, 7) is 1.22. The Morgan fingerprint density at radius 1 is 1.12 bits per heavy atom. The molecule has 25 heavy (non-hydrogen) atoms. The lowest BCUT2D eigenvalue weighted by molar-refractivity contribution is -0.274. The van der Waals surface area contributed by atoms with E-state index in [0.717, 1.165) is 5.56 Å². The minimum atomic E-state index is -4.69. The molecule has 0 saturated heterocycles. The van der Waals surface area contributed by atoms with E-state index in [9.17, 15) is 13.2 Å². The van der Waals surface area contributed by atoms with Crippen molar-refractivity contribution in [3.05, 3.63) is 59.1 Å². The van der Waals surface area contributed by atoms with Gasteiger partial charge in [0.15, 0.2) is 5.17 Å². The lowest BCUT2D eigenvalue weighted by Gasteiger charge is -2.13. The Labute approximate surface area is 151 Å². The zero-order valence-corrected chi connectivity index (χ0v) is 14.3. The molecule has 3 rings (SSSR count). The van der Waals surface area contributed by atoms with Gasteiger partial charge < -0.3 is 10.1 Å². The van der Waals surface area contributed by atoms with Gasteiger partial charge >= 0.3 is 6.36 Å². The zero-order chi connectivity index (χ0) is 17.9. The van der Waals surface area contributed by atoms with Gasteiger partial charge in [-0.15, -0.1) is 13.2 Å². The predicted molar refractivity (Wildman–Crippen MR) is 93.6 cm³/mol. The average molecular weight is 388 g/mol. The SMILES string of the molecule is FC(F)(F)Oc1ccc(NC2=NCN(Cc3ccc(Cl)cc3)S2)cc1. The number of amidine groups is 1. The van der Waals surface area contributed by atoms with Gasteiger partial charge in [0.1, 0.15) is 12.4 Å². The highest BCUT2D eigenvalue weighted by atomic mass is 35.5. The molecule has 0 aromatic heterocycles. The second-order valence-corrected chi connectivity index (χ2v) is 6.68. The molecule has 2 aromatic rings. The second kappa shape index (κ2) is 7.55. The topological polar surface area (TPSA) is 36.9 Å². The quantitative estimate of drug-likeness (QED) is 0.738. The highest BCUT2D eigenvalue weighted by molar-refractivity contribution is 8.12. The molecule has 1 aliphatic heterocycles. The molecule has 1 N–H and O–H groups in total. The Hall–Kier alpha value is -1.90. The molecule has 2 aromatic carbocycles. The van der Waals surface area contributed by atoms with Crippen LogP contribution in [0.5, 0.6) is 5.75 Å². The van der Waals surface area contributed by atoms with Crippen LogP contribution in [0.4, 0.5) is 18.9 Å². The van der Waals surface area contributed by atoms with Crippen molar-refractivity contribution in [3.8, 4) is 5.75 Å². The van der Waals surface area contributed by atoms with E-state index in [2.05, 4.69) is 15.0 Å². The van der Waals surface area contributed by atoms with Crippen LogP contribution in [0.1, 0.15) is 5.56 Å². The first-order valence-corrected chi connectivity index (χ1v) is 8.37. The van der Waals surface area contributed by atoms with Gasteiger partial charge in [0, 0.05) is 17.3 Å². The molecule has 0 fully saturated rings. The maximum Gasteiger partial charge on any atom is 0.573 e. The summed E-state index contributed by atoms with van der Waals surface area (Å²) in [5.74, 6) is -0.261. The van der Waals surface area contributed by atoms with Crippen LogP contribution >= 0.6 is 23.5 Å². The fraction of sp³-hybridized carbons (Fsp3) is 0.188. The second-order valence-electron chi connectivity index (χ2n) is 5.16. The van der Waals surface area contributed by atoms with Gasteiger partial charge in [-0.2, -0.15) is 0 Å². The Morgan fingerprint density at radius 3 is 2.44 bits per heavy atom. The third kappa shape index (κ3) is 5.55. The summed E-state index contributed by atoms with van der Waals surface area (Å²) in [4.78, 5) is 4.37. The van der Waals surface area contributed by atoms with E-state index in [1.165, 1.54) is 36.2 Å². The first kappa shape index (κ1) is 17.9. The summed E-state index contributed by atoms with van der Waals surface area (Å²) in [6, 6.07) is 13.1. The van der Waals surface area contributed by atoms with Gasteiger partial charge in [-0.05, 0) is 53.9 Å². The monoisotopic (exact) mass is 387 g/mol. The Bertz CT molecular complexity index is 751. The summed E-state index contributed by atoms with van der Waals surface area (Å²) < 4.78 is 42.3. The Morgan fingerprint density at radius 2 is 1.80 bits per heavy atom. The molecule has 0 amide bonds. The number of ether oxygens (including phenoxy) is 1. The number of benzene rings is 2. The van der Waals surface area contributed by atoms with Crippen LogP contribution in [0.2, 0.25) is 5.02 Å². The van der Waals surface area contributed by atoms with Crippen molar-refractivity contribution < 1.29 is 17.9 Å². The van der Waals surface area contributed by atoms with E-state index < -0.39 is 6.36 Å². The number of rotatable bonds is 4. The lowest BCUT2D eigenvalue weighted by Crippen LogP contribution is -2.17. The van der Waals surface area contributed by atoms with Crippen LogP contribution < -0.4 is 10.1 Å². The summed E-state index contributed by atoms with van der Waals surface area (Å²) in [6.07, 6.45) is -4.69. The van der Waals surface area contributed by atoms with Crippen molar-refractivity contribution in [2.24, 2.45) is 4.99 Å². The normalized spacial score (nSPS) is 15.1. The number of nitrogens with zero attached hydrogens (tertiary/aromatic N) is 2. The molecule has 0 atom stereocenters. The van der Waals surface area contributed by atoms with Gasteiger partial charge in [0.25, 0.3) is 0 Å². The lowest BCUT2D eigenvalue weighted by atomic mass is 10.2. The maximum absolute atomic E-state index is 12.1. The minimum absolute atomic E-state index is 0.261. The Kier molecular flexibility index (Phi) is 5.41. The van der Waals surface area contributed by atoms with Gasteiger partial charge in [0.05, 0.1) is 0 Å². The number of anilines is 1. The number of nitrogens with one attached hydrogen (secondary N) is 1. The first-order chi connectivity index (χ1) is 11.9. The van der Waals surface area contributed by atoms with E-state index in [1.807, 2.05) is 28.6 Å². The minimum Gasteiger partial charge on any atom is -0.406 e. The van der Waals surface area contributed by atoms with E-state index in [0.29, 0.717) is 29.1 Å². The van der Waals surface area contributed by atoms with Crippen molar-refractivity contribution in [2.75, 3.05) is 12.0 Å². The van der Waals surface area contributed by atoms with Crippen molar-refractivity contribution in [3.63, 3.8) is 0 Å². The standard InChI is InChI=1S/C16H13ClF3N3OS/c17-12-3-1-11(2-4-12)9-23-10-21-15(25-23)22-13-5-7-14(8-6-13)24-16(18,19)20/h1-8H,9-10H2,(H,21,22). The molecule has 1 aliphatic rings. The highest BCUT2D eigenvalue weighted by Crippen LogP contribution is 2.27. The molecule has 4 nitrogen and oxygen atoms in total. The van der Waals surface area contributed by atoms with E-state index in [4.69, 9.17) is 11.6 Å². The first-order valence-electron chi connectivity index (χ1n) is 7.22.